The Bertz CT molecular complexity index is 581. The molecule has 0 aliphatic carbocycles. The number of carboxylic acid groups (broad SMARTS) is 1. The summed E-state index contributed by atoms with van der Waals surface area (Å²) in [5, 5.41) is 9.17. The Balaban J connectivity index is 1.97. The monoisotopic (exact) mass is 316 g/mol. The molecule has 0 fully saturated rings. The summed E-state index contributed by atoms with van der Waals surface area (Å²) in [5.41, 5.74) is 1.24. The minimum atomic E-state index is -0.751. The van der Waals surface area contributed by atoms with Crippen LogP contribution in [0.25, 0.3) is 0 Å². The van der Waals surface area contributed by atoms with Crippen molar-refractivity contribution in [1.82, 2.24) is 0 Å². The molecule has 1 atom stereocenters. The minimum absolute atomic E-state index is 0.0612. The summed E-state index contributed by atoms with van der Waals surface area (Å²) >= 11 is 1.62. The molecule has 0 spiro atoms. The zero-order valence-corrected chi connectivity index (χ0v) is 13.4. The van der Waals surface area contributed by atoms with Gasteiger partial charge in [-0.3, -0.25) is 4.79 Å². The lowest BCUT2D eigenvalue weighted by molar-refractivity contribution is -0.137. The summed E-state index contributed by atoms with van der Waals surface area (Å²) in [7, 11) is 1.63. The maximum Gasteiger partial charge on any atom is 0.304 e. The third-order valence-electron chi connectivity index (χ3n) is 3.36. The predicted octanol–water partition coefficient (Wildman–Crippen LogP) is 4.26. The topological polar surface area (TPSA) is 46.5 Å². The van der Waals surface area contributed by atoms with Gasteiger partial charge in [0, 0.05) is 10.1 Å². The van der Waals surface area contributed by atoms with Crippen LogP contribution in [0.2, 0.25) is 0 Å². The molecule has 0 bridgehead atoms. The molecule has 0 heterocycles. The standard InChI is InChI=1S/C18H20O3S/c1-21-15-8-11-16(12-9-15)22-17(13-18(19)20)10-7-14-5-3-2-4-6-14/h2-6,8-9,11-12,17H,7,10,13H2,1H3,(H,19,20). The van der Waals surface area contributed by atoms with Gasteiger partial charge in [-0.25, -0.2) is 0 Å². The SMILES string of the molecule is COc1ccc(SC(CCc2ccccc2)CC(=O)O)cc1. The molecule has 0 aliphatic rings. The normalized spacial score (nSPS) is 11.9. The maximum atomic E-state index is 11.1. The van der Waals surface area contributed by atoms with Crippen molar-refractivity contribution in [2.45, 2.75) is 29.4 Å². The summed E-state index contributed by atoms with van der Waals surface area (Å²) in [4.78, 5) is 12.1. The van der Waals surface area contributed by atoms with E-state index in [4.69, 9.17) is 9.84 Å². The third kappa shape index (κ3) is 5.45. The lowest BCUT2D eigenvalue weighted by Crippen LogP contribution is -2.11. The molecule has 1 unspecified atom stereocenters. The Labute approximate surface area is 135 Å². The fraction of sp³-hybridized carbons (Fsp3) is 0.278. The predicted molar refractivity (Wildman–Crippen MR) is 89.7 cm³/mol. The molecule has 0 amide bonds. The lowest BCUT2D eigenvalue weighted by Gasteiger charge is -2.15. The van der Waals surface area contributed by atoms with Crippen molar-refractivity contribution in [2.24, 2.45) is 0 Å². The van der Waals surface area contributed by atoms with Gasteiger partial charge in [0.1, 0.15) is 5.75 Å². The largest absolute Gasteiger partial charge is 0.497 e. The molecule has 0 saturated carbocycles. The van der Waals surface area contributed by atoms with Crippen molar-refractivity contribution in [1.29, 1.82) is 0 Å². The van der Waals surface area contributed by atoms with Gasteiger partial charge in [0.2, 0.25) is 0 Å². The molecule has 0 aliphatic heterocycles. The van der Waals surface area contributed by atoms with E-state index in [2.05, 4.69) is 12.1 Å². The van der Waals surface area contributed by atoms with Crippen molar-refractivity contribution in [2.75, 3.05) is 7.11 Å². The van der Waals surface area contributed by atoms with Crippen molar-refractivity contribution in [3.8, 4) is 5.75 Å². The second-order valence-corrected chi connectivity index (χ2v) is 6.41. The molecular weight excluding hydrogens is 296 g/mol. The zero-order chi connectivity index (χ0) is 15.8. The first-order valence-electron chi connectivity index (χ1n) is 7.24. The Hall–Kier alpha value is -1.94. The first-order chi connectivity index (χ1) is 10.7. The van der Waals surface area contributed by atoms with Gasteiger partial charge in [-0.1, -0.05) is 30.3 Å². The molecule has 0 aromatic heterocycles. The molecular formula is C18H20O3S. The maximum absolute atomic E-state index is 11.1. The smallest absolute Gasteiger partial charge is 0.304 e. The third-order valence-corrected chi connectivity index (χ3v) is 4.64. The highest BCUT2D eigenvalue weighted by molar-refractivity contribution is 8.00. The van der Waals surface area contributed by atoms with E-state index in [0.29, 0.717) is 0 Å². The average Bonchev–Trinajstić information content (AvgIpc) is 2.54. The van der Waals surface area contributed by atoms with E-state index in [0.717, 1.165) is 23.5 Å². The molecule has 1 N–H and O–H groups in total. The van der Waals surface area contributed by atoms with Crippen LogP contribution >= 0.6 is 11.8 Å². The van der Waals surface area contributed by atoms with Crippen molar-refractivity contribution in [3.63, 3.8) is 0 Å². The fourth-order valence-electron chi connectivity index (χ4n) is 2.22. The first kappa shape index (κ1) is 16.4. The number of hydrogen-bond acceptors (Lipinski definition) is 3. The molecule has 0 radical (unpaired) electrons. The van der Waals surface area contributed by atoms with Gasteiger partial charge < -0.3 is 9.84 Å². The summed E-state index contributed by atoms with van der Waals surface area (Å²) in [6.45, 7) is 0. The Morgan fingerprint density at radius 2 is 1.82 bits per heavy atom. The van der Waals surface area contributed by atoms with Gasteiger partial charge in [0.05, 0.1) is 13.5 Å². The van der Waals surface area contributed by atoms with Gasteiger partial charge in [-0.05, 0) is 42.7 Å². The number of carboxylic acids is 1. The number of thioether (sulfide) groups is 1. The number of carbonyl (C=O) groups is 1. The summed E-state index contributed by atoms with van der Waals surface area (Å²) in [5.74, 6) is 0.0579. The van der Waals surface area contributed by atoms with Gasteiger partial charge in [-0.2, -0.15) is 0 Å². The Morgan fingerprint density at radius 3 is 2.41 bits per heavy atom. The second-order valence-electron chi connectivity index (χ2n) is 5.04. The summed E-state index contributed by atoms with van der Waals surface area (Å²) in [6, 6.07) is 17.9. The number of ether oxygens (including phenoxy) is 1. The van der Waals surface area contributed by atoms with Crippen LogP contribution in [0, 0.1) is 0 Å². The van der Waals surface area contributed by atoms with Crippen LogP contribution in [0.15, 0.2) is 59.5 Å². The van der Waals surface area contributed by atoms with Gasteiger partial charge in [-0.15, -0.1) is 11.8 Å². The Morgan fingerprint density at radius 1 is 1.14 bits per heavy atom. The van der Waals surface area contributed by atoms with Crippen LogP contribution in [-0.4, -0.2) is 23.4 Å². The van der Waals surface area contributed by atoms with Crippen molar-refractivity contribution >= 4 is 17.7 Å². The summed E-state index contributed by atoms with van der Waals surface area (Å²) in [6.07, 6.45) is 1.90. The minimum Gasteiger partial charge on any atom is -0.497 e. The Kier molecular flexibility index (Phi) is 6.34. The van der Waals surface area contributed by atoms with E-state index >= 15 is 0 Å². The van der Waals surface area contributed by atoms with E-state index in [9.17, 15) is 4.79 Å². The van der Waals surface area contributed by atoms with Crippen LogP contribution in [-0.2, 0) is 11.2 Å². The second kappa shape index (κ2) is 8.49. The van der Waals surface area contributed by atoms with Crippen LogP contribution in [0.3, 0.4) is 0 Å². The molecule has 22 heavy (non-hydrogen) atoms. The van der Waals surface area contributed by atoms with E-state index < -0.39 is 5.97 Å². The zero-order valence-electron chi connectivity index (χ0n) is 12.6. The summed E-state index contributed by atoms with van der Waals surface area (Å²) < 4.78 is 5.14. The van der Waals surface area contributed by atoms with Gasteiger partial charge in [0.15, 0.2) is 0 Å². The molecule has 2 aromatic rings. The number of benzene rings is 2. The van der Waals surface area contributed by atoms with Crippen LogP contribution in [0.1, 0.15) is 18.4 Å². The van der Waals surface area contributed by atoms with E-state index in [1.54, 1.807) is 18.9 Å². The lowest BCUT2D eigenvalue weighted by atomic mass is 10.1. The molecule has 3 nitrogen and oxygen atoms in total. The molecule has 2 aromatic carbocycles. The average molecular weight is 316 g/mol. The number of aliphatic carboxylic acids is 1. The van der Waals surface area contributed by atoms with Crippen molar-refractivity contribution < 1.29 is 14.6 Å². The number of rotatable bonds is 8. The quantitative estimate of drug-likeness (QED) is 0.739. The highest BCUT2D eigenvalue weighted by atomic mass is 32.2. The van der Waals surface area contributed by atoms with Crippen LogP contribution in [0.4, 0.5) is 0 Å². The number of methoxy groups -OCH3 is 1. The molecule has 116 valence electrons. The van der Waals surface area contributed by atoms with E-state index in [1.807, 2.05) is 42.5 Å². The van der Waals surface area contributed by atoms with Crippen LogP contribution < -0.4 is 4.74 Å². The number of hydrogen-bond donors (Lipinski definition) is 1. The molecule has 0 saturated heterocycles. The van der Waals surface area contributed by atoms with Gasteiger partial charge >= 0.3 is 5.97 Å². The fourth-order valence-corrected chi connectivity index (χ4v) is 3.36. The number of aryl methyl sites for hydroxylation is 1. The molecule has 2 rings (SSSR count). The molecule has 4 heteroatoms. The van der Waals surface area contributed by atoms with Gasteiger partial charge in [0.25, 0.3) is 0 Å². The van der Waals surface area contributed by atoms with E-state index in [1.165, 1.54) is 5.56 Å². The van der Waals surface area contributed by atoms with Crippen molar-refractivity contribution in [3.05, 3.63) is 60.2 Å². The highest BCUT2D eigenvalue weighted by Crippen LogP contribution is 2.30. The first-order valence-corrected chi connectivity index (χ1v) is 8.12. The van der Waals surface area contributed by atoms with E-state index in [-0.39, 0.29) is 11.7 Å². The van der Waals surface area contributed by atoms with Crippen LogP contribution in [0.5, 0.6) is 5.75 Å². The highest BCUT2D eigenvalue weighted by Gasteiger charge is 2.15.